The summed E-state index contributed by atoms with van der Waals surface area (Å²) in [6.45, 7) is 11.1. The van der Waals surface area contributed by atoms with Crippen molar-refractivity contribution in [2.45, 2.75) is 33.4 Å². The van der Waals surface area contributed by atoms with E-state index in [1.807, 2.05) is 32.2 Å². The number of aryl methyl sites for hydroxylation is 2. The highest BCUT2D eigenvalue weighted by atomic mass is 19.1. The Morgan fingerprint density at radius 3 is 2.72 bits per heavy atom. The summed E-state index contributed by atoms with van der Waals surface area (Å²) >= 11 is 0. The van der Waals surface area contributed by atoms with Crippen molar-refractivity contribution in [3.8, 4) is 0 Å². The molecule has 0 saturated heterocycles. The smallest absolute Gasteiger partial charge is 0.222 e. The standard InChI is InChI=1S/C18H21FN6/c1-11-9-25-16(22-11)7-6-15(24-25)12(2)14-8-20-17(23-13(14)3)21-10-18(4,5)19/h6-9H,2,10H2,1,3-5H3,(H,20,21,23). The molecular weight excluding hydrogens is 319 g/mol. The van der Waals surface area contributed by atoms with Crippen molar-refractivity contribution in [3.63, 3.8) is 0 Å². The zero-order valence-corrected chi connectivity index (χ0v) is 14.8. The molecule has 0 saturated carbocycles. The van der Waals surface area contributed by atoms with Gasteiger partial charge in [0.15, 0.2) is 5.65 Å². The monoisotopic (exact) mass is 340 g/mol. The van der Waals surface area contributed by atoms with Crippen LogP contribution in [0.3, 0.4) is 0 Å². The van der Waals surface area contributed by atoms with E-state index in [0.717, 1.165) is 33.9 Å². The molecule has 0 aromatic carbocycles. The third-order valence-electron chi connectivity index (χ3n) is 3.72. The van der Waals surface area contributed by atoms with Crippen LogP contribution >= 0.6 is 0 Å². The summed E-state index contributed by atoms with van der Waals surface area (Å²) in [5.41, 5.74) is 3.36. The van der Waals surface area contributed by atoms with Gasteiger partial charge < -0.3 is 5.32 Å². The molecule has 0 bridgehead atoms. The maximum Gasteiger partial charge on any atom is 0.222 e. The molecule has 0 spiro atoms. The van der Waals surface area contributed by atoms with Crippen LogP contribution < -0.4 is 5.32 Å². The van der Waals surface area contributed by atoms with E-state index in [1.165, 1.54) is 13.8 Å². The van der Waals surface area contributed by atoms with Gasteiger partial charge in [0.2, 0.25) is 5.95 Å². The number of hydrogen-bond donors (Lipinski definition) is 1. The minimum atomic E-state index is -1.33. The summed E-state index contributed by atoms with van der Waals surface area (Å²) in [5.74, 6) is 0.397. The molecule has 3 aromatic heterocycles. The maximum absolute atomic E-state index is 13.6. The lowest BCUT2D eigenvalue weighted by molar-refractivity contribution is 0.234. The zero-order chi connectivity index (χ0) is 18.2. The number of alkyl halides is 1. The number of anilines is 1. The molecular formula is C18H21FN6. The first kappa shape index (κ1) is 17.0. The van der Waals surface area contributed by atoms with Crippen LogP contribution in [0.5, 0.6) is 0 Å². The molecule has 0 radical (unpaired) electrons. The first-order valence-electron chi connectivity index (χ1n) is 8.02. The molecule has 0 aliphatic carbocycles. The SMILES string of the molecule is C=C(c1ccc2nc(C)cn2n1)c1cnc(NCC(C)(C)F)nc1C. The van der Waals surface area contributed by atoms with Crippen LogP contribution in [-0.4, -0.2) is 36.8 Å². The number of hydrogen-bond acceptors (Lipinski definition) is 5. The van der Waals surface area contributed by atoms with Crippen molar-refractivity contribution in [2.75, 3.05) is 11.9 Å². The first-order chi connectivity index (χ1) is 11.7. The van der Waals surface area contributed by atoms with Gasteiger partial charge in [0.1, 0.15) is 5.67 Å². The highest BCUT2D eigenvalue weighted by Crippen LogP contribution is 2.22. The van der Waals surface area contributed by atoms with Crippen LogP contribution in [0.1, 0.15) is 36.5 Å². The van der Waals surface area contributed by atoms with E-state index in [9.17, 15) is 4.39 Å². The van der Waals surface area contributed by atoms with Gasteiger partial charge in [-0.2, -0.15) is 5.10 Å². The lowest BCUT2D eigenvalue weighted by Crippen LogP contribution is -2.25. The highest BCUT2D eigenvalue weighted by molar-refractivity contribution is 5.77. The van der Waals surface area contributed by atoms with Crippen molar-refractivity contribution in [1.29, 1.82) is 0 Å². The van der Waals surface area contributed by atoms with E-state index in [0.29, 0.717) is 5.95 Å². The summed E-state index contributed by atoms with van der Waals surface area (Å²) in [6, 6.07) is 3.78. The molecule has 0 aliphatic heterocycles. The fourth-order valence-electron chi connectivity index (χ4n) is 2.44. The van der Waals surface area contributed by atoms with Crippen molar-refractivity contribution in [2.24, 2.45) is 0 Å². The molecule has 7 heteroatoms. The molecule has 25 heavy (non-hydrogen) atoms. The molecule has 3 aromatic rings. The van der Waals surface area contributed by atoms with Crippen molar-refractivity contribution < 1.29 is 4.39 Å². The predicted octanol–water partition coefficient (Wildman–Crippen LogP) is 3.36. The Bertz CT molecular complexity index is 938. The number of aromatic nitrogens is 5. The second-order valence-electron chi connectivity index (χ2n) is 6.65. The van der Waals surface area contributed by atoms with E-state index < -0.39 is 5.67 Å². The Morgan fingerprint density at radius 1 is 1.28 bits per heavy atom. The Labute approximate surface area is 145 Å². The Morgan fingerprint density at radius 2 is 2.04 bits per heavy atom. The predicted molar refractivity (Wildman–Crippen MR) is 96.3 cm³/mol. The molecule has 0 aliphatic rings. The number of halogens is 1. The van der Waals surface area contributed by atoms with Crippen molar-refractivity contribution in [3.05, 3.63) is 53.8 Å². The van der Waals surface area contributed by atoms with Crippen molar-refractivity contribution in [1.82, 2.24) is 24.6 Å². The number of rotatable bonds is 5. The molecule has 0 amide bonds. The third kappa shape index (κ3) is 3.81. The molecule has 1 N–H and O–H groups in total. The summed E-state index contributed by atoms with van der Waals surface area (Å²) in [6.07, 6.45) is 3.55. The van der Waals surface area contributed by atoms with Gasteiger partial charge in [0.05, 0.1) is 29.8 Å². The van der Waals surface area contributed by atoms with E-state index in [4.69, 9.17) is 0 Å². The van der Waals surface area contributed by atoms with Gasteiger partial charge in [0, 0.05) is 17.3 Å². The number of imidazole rings is 1. The molecule has 0 unspecified atom stereocenters. The van der Waals surface area contributed by atoms with Gasteiger partial charge in [0.25, 0.3) is 0 Å². The normalized spacial score (nSPS) is 11.7. The van der Waals surface area contributed by atoms with Crippen LogP contribution in [0.25, 0.3) is 11.2 Å². The average Bonchev–Trinajstić information content (AvgIpc) is 2.90. The van der Waals surface area contributed by atoms with Gasteiger partial charge in [-0.1, -0.05) is 6.58 Å². The highest BCUT2D eigenvalue weighted by Gasteiger charge is 2.16. The first-order valence-corrected chi connectivity index (χ1v) is 8.02. The molecule has 3 heterocycles. The van der Waals surface area contributed by atoms with E-state index in [2.05, 4.69) is 31.9 Å². The fourth-order valence-corrected chi connectivity index (χ4v) is 2.44. The summed E-state index contributed by atoms with van der Waals surface area (Å²) in [4.78, 5) is 13.0. The van der Waals surface area contributed by atoms with Gasteiger partial charge in [-0.25, -0.2) is 23.9 Å². The fraction of sp³-hybridized carbons (Fsp3) is 0.333. The van der Waals surface area contributed by atoms with Gasteiger partial charge in [-0.05, 0) is 39.8 Å². The van der Waals surface area contributed by atoms with Crippen LogP contribution in [0.4, 0.5) is 10.3 Å². The van der Waals surface area contributed by atoms with E-state index in [-0.39, 0.29) is 6.54 Å². The maximum atomic E-state index is 13.6. The van der Waals surface area contributed by atoms with Crippen molar-refractivity contribution >= 4 is 17.2 Å². The van der Waals surface area contributed by atoms with Crippen LogP contribution in [-0.2, 0) is 0 Å². The van der Waals surface area contributed by atoms with Gasteiger partial charge >= 0.3 is 0 Å². The Hall–Kier alpha value is -2.83. The minimum Gasteiger partial charge on any atom is -0.351 e. The number of nitrogens with zero attached hydrogens (tertiary/aromatic N) is 5. The lowest BCUT2D eigenvalue weighted by atomic mass is 10.1. The molecule has 3 rings (SSSR count). The number of fused-ring (bicyclic) bond motifs is 1. The molecule has 0 atom stereocenters. The van der Waals surface area contributed by atoms with E-state index in [1.54, 1.807) is 10.7 Å². The quantitative estimate of drug-likeness (QED) is 0.771. The lowest BCUT2D eigenvalue weighted by Gasteiger charge is -2.15. The largest absolute Gasteiger partial charge is 0.351 e. The molecule has 130 valence electrons. The average molecular weight is 340 g/mol. The summed E-state index contributed by atoms with van der Waals surface area (Å²) < 4.78 is 15.3. The third-order valence-corrected chi connectivity index (χ3v) is 3.72. The summed E-state index contributed by atoms with van der Waals surface area (Å²) in [7, 11) is 0. The van der Waals surface area contributed by atoms with Crippen LogP contribution in [0.15, 0.2) is 31.1 Å². The van der Waals surface area contributed by atoms with Crippen LogP contribution in [0, 0.1) is 13.8 Å². The Kier molecular flexibility index (Phi) is 4.24. The molecule has 6 nitrogen and oxygen atoms in total. The topological polar surface area (TPSA) is 68.0 Å². The van der Waals surface area contributed by atoms with Gasteiger partial charge in [-0.3, -0.25) is 0 Å². The second kappa shape index (κ2) is 6.23. The second-order valence-corrected chi connectivity index (χ2v) is 6.65. The number of nitrogens with one attached hydrogen (secondary N) is 1. The van der Waals surface area contributed by atoms with E-state index >= 15 is 0 Å². The van der Waals surface area contributed by atoms with Gasteiger partial charge in [-0.15, -0.1) is 0 Å². The van der Waals surface area contributed by atoms with Crippen LogP contribution in [0.2, 0.25) is 0 Å². The minimum absolute atomic E-state index is 0.144. The molecule has 0 fully saturated rings. The zero-order valence-electron chi connectivity index (χ0n) is 14.8. The Balaban J connectivity index is 1.85. The summed E-state index contributed by atoms with van der Waals surface area (Å²) in [5, 5.41) is 7.44.